The molecule has 0 aromatic carbocycles. The number of likely N-dealkylation sites (tertiary alicyclic amines) is 1. The molecule has 2 amide bonds. The van der Waals surface area contributed by atoms with E-state index < -0.39 is 17.9 Å². The standard InChI is InChI=1S/C26H44N4O8/c1-26(2,3)38-25(33)29-9-11-35-13-15-37-17-16-36-14-12-34-10-8-28-24(32)21-18-22(31)30(4)23(21)20-6-5-7-27-19-20/h5-7,19,21-23,31H,8-18H2,1-4H3,(H,28,32)(H,29,33)/t21-,22?,23+/m0/s1. The van der Waals surface area contributed by atoms with Gasteiger partial charge in [0, 0.05) is 31.9 Å². The number of hydrogen-bond acceptors (Lipinski definition) is 10. The lowest BCUT2D eigenvalue weighted by atomic mass is 9.94. The Morgan fingerprint density at radius 2 is 1.53 bits per heavy atom. The van der Waals surface area contributed by atoms with Crippen molar-refractivity contribution in [2.24, 2.45) is 5.92 Å². The average Bonchev–Trinajstić information content (AvgIpc) is 3.17. The highest BCUT2D eigenvalue weighted by atomic mass is 16.6. The molecule has 1 aliphatic rings. The van der Waals surface area contributed by atoms with Gasteiger partial charge in [-0.2, -0.15) is 0 Å². The largest absolute Gasteiger partial charge is 0.444 e. The molecule has 2 rings (SSSR count). The van der Waals surface area contributed by atoms with Crippen molar-refractivity contribution in [2.75, 3.05) is 73.0 Å². The van der Waals surface area contributed by atoms with Gasteiger partial charge < -0.3 is 39.4 Å². The van der Waals surface area contributed by atoms with Crippen LogP contribution in [0.2, 0.25) is 0 Å². The molecule has 0 radical (unpaired) electrons. The summed E-state index contributed by atoms with van der Waals surface area (Å²) in [6, 6.07) is 3.53. The number of rotatable bonds is 17. The van der Waals surface area contributed by atoms with Crippen molar-refractivity contribution >= 4 is 12.0 Å². The van der Waals surface area contributed by atoms with E-state index in [1.165, 1.54) is 0 Å². The fourth-order valence-electron chi connectivity index (χ4n) is 3.94. The number of carbonyl (C=O) groups excluding carboxylic acids is 2. The van der Waals surface area contributed by atoms with Gasteiger partial charge in [-0.25, -0.2) is 4.79 Å². The quantitative estimate of drug-likeness (QED) is 0.246. The van der Waals surface area contributed by atoms with Gasteiger partial charge in [-0.05, 0) is 39.4 Å². The Morgan fingerprint density at radius 3 is 2.05 bits per heavy atom. The normalized spacial score (nSPS) is 19.9. The van der Waals surface area contributed by atoms with Crippen LogP contribution >= 0.6 is 0 Å². The Hall–Kier alpha value is -2.35. The number of aromatic nitrogens is 1. The first-order valence-electron chi connectivity index (χ1n) is 13.0. The first-order valence-corrected chi connectivity index (χ1v) is 13.0. The van der Waals surface area contributed by atoms with Gasteiger partial charge in [-0.3, -0.25) is 14.7 Å². The number of nitrogens with one attached hydrogen (secondary N) is 2. The maximum atomic E-state index is 12.7. The molecule has 1 unspecified atom stereocenters. The van der Waals surface area contributed by atoms with Crippen molar-refractivity contribution in [3.8, 4) is 0 Å². The summed E-state index contributed by atoms with van der Waals surface area (Å²) in [5.74, 6) is -0.468. The van der Waals surface area contributed by atoms with Gasteiger partial charge in [0.1, 0.15) is 11.8 Å². The van der Waals surface area contributed by atoms with Crippen LogP contribution in [-0.4, -0.2) is 112 Å². The number of carbonyl (C=O) groups is 2. The van der Waals surface area contributed by atoms with E-state index in [1.807, 2.05) is 40.0 Å². The molecule has 1 saturated heterocycles. The number of nitrogens with zero attached hydrogens (tertiary/aromatic N) is 2. The molecule has 1 aliphatic heterocycles. The summed E-state index contributed by atoms with van der Waals surface area (Å²) >= 11 is 0. The minimum Gasteiger partial charge on any atom is -0.444 e. The van der Waals surface area contributed by atoms with Gasteiger partial charge in [-0.15, -0.1) is 0 Å². The van der Waals surface area contributed by atoms with Crippen LogP contribution in [0.4, 0.5) is 4.79 Å². The number of alkyl carbamates (subject to hydrolysis) is 1. The lowest BCUT2D eigenvalue weighted by molar-refractivity contribution is -0.126. The van der Waals surface area contributed by atoms with Crippen LogP contribution in [0, 0.1) is 5.92 Å². The van der Waals surface area contributed by atoms with Gasteiger partial charge in [0.15, 0.2) is 0 Å². The van der Waals surface area contributed by atoms with Crippen LogP contribution in [-0.2, 0) is 28.5 Å². The molecular formula is C26H44N4O8. The third-order valence-electron chi connectivity index (χ3n) is 5.69. The van der Waals surface area contributed by atoms with E-state index in [0.717, 1.165) is 5.56 Å². The molecule has 2 heterocycles. The highest BCUT2D eigenvalue weighted by Crippen LogP contribution is 2.38. The molecule has 3 N–H and O–H groups in total. The third kappa shape index (κ3) is 12.5. The fraction of sp³-hybridized carbons (Fsp3) is 0.731. The lowest BCUT2D eigenvalue weighted by Crippen LogP contribution is -2.36. The predicted octanol–water partition coefficient (Wildman–Crippen LogP) is 1.10. The van der Waals surface area contributed by atoms with Crippen molar-refractivity contribution in [1.82, 2.24) is 20.5 Å². The highest BCUT2D eigenvalue weighted by molar-refractivity contribution is 5.80. The first kappa shape index (κ1) is 31.9. The number of ether oxygens (including phenoxy) is 5. The molecule has 1 fully saturated rings. The Kier molecular flexibility index (Phi) is 14.5. The average molecular weight is 541 g/mol. The molecule has 1 aromatic rings. The van der Waals surface area contributed by atoms with Gasteiger partial charge in [0.05, 0.1) is 64.8 Å². The predicted molar refractivity (Wildman–Crippen MR) is 139 cm³/mol. The number of aliphatic hydroxyl groups excluding tert-OH is 1. The molecule has 0 bridgehead atoms. The molecular weight excluding hydrogens is 496 g/mol. The van der Waals surface area contributed by atoms with Crippen LogP contribution in [0.5, 0.6) is 0 Å². The van der Waals surface area contributed by atoms with E-state index in [0.29, 0.717) is 72.4 Å². The minimum absolute atomic E-state index is 0.109. The van der Waals surface area contributed by atoms with Crippen LogP contribution < -0.4 is 10.6 Å². The highest BCUT2D eigenvalue weighted by Gasteiger charge is 2.42. The molecule has 38 heavy (non-hydrogen) atoms. The summed E-state index contributed by atoms with van der Waals surface area (Å²) in [5, 5.41) is 15.8. The molecule has 12 heteroatoms. The van der Waals surface area contributed by atoms with Crippen molar-refractivity contribution in [1.29, 1.82) is 0 Å². The van der Waals surface area contributed by atoms with Crippen molar-refractivity contribution in [2.45, 2.75) is 45.1 Å². The molecule has 3 atom stereocenters. The van der Waals surface area contributed by atoms with Crippen LogP contribution in [0.15, 0.2) is 24.5 Å². The van der Waals surface area contributed by atoms with Gasteiger partial charge in [-0.1, -0.05) is 6.07 Å². The number of amides is 2. The smallest absolute Gasteiger partial charge is 0.407 e. The van der Waals surface area contributed by atoms with Gasteiger partial charge >= 0.3 is 6.09 Å². The molecule has 12 nitrogen and oxygen atoms in total. The summed E-state index contributed by atoms with van der Waals surface area (Å²) in [6.07, 6.45) is 2.66. The van der Waals surface area contributed by atoms with E-state index >= 15 is 0 Å². The van der Waals surface area contributed by atoms with Crippen LogP contribution in [0.1, 0.15) is 38.8 Å². The van der Waals surface area contributed by atoms with E-state index in [-0.39, 0.29) is 17.9 Å². The maximum Gasteiger partial charge on any atom is 0.407 e. The van der Waals surface area contributed by atoms with Gasteiger partial charge in [0.2, 0.25) is 5.91 Å². The SMILES string of the molecule is CN1C(O)C[C@H](C(=O)NCCOCCOCCOCCOCCNC(=O)OC(C)(C)C)[C@H]1c1cccnc1. The molecule has 0 saturated carbocycles. The minimum atomic E-state index is -0.672. The zero-order chi connectivity index (χ0) is 27.8. The van der Waals surface area contributed by atoms with Gasteiger partial charge in [0.25, 0.3) is 0 Å². The second-order valence-corrected chi connectivity index (χ2v) is 9.89. The van der Waals surface area contributed by atoms with Crippen molar-refractivity contribution in [3.05, 3.63) is 30.1 Å². The number of pyridine rings is 1. The number of hydrogen-bond donors (Lipinski definition) is 3. The topological polar surface area (TPSA) is 141 Å². The Labute approximate surface area is 225 Å². The van der Waals surface area contributed by atoms with Crippen molar-refractivity contribution in [3.63, 3.8) is 0 Å². The summed E-state index contributed by atoms with van der Waals surface area (Å²) < 4.78 is 26.9. The molecule has 216 valence electrons. The lowest BCUT2D eigenvalue weighted by Gasteiger charge is -2.25. The first-order chi connectivity index (χ1) is 18.2. The Bertz CT molecular complexity index is 808. The summed E-state index contributed by atoms with van der Waals surface area (Å²) in [4.78, 5) is 30.2. The zero-order valence-electron chi connectivity index (χ0n) is 23.0. The van der Waals surface area contributed by atoms with Crippen LogP contribution in [0.25, 0.3) is 0 Å². The fourth-order valence-corrected chi connectivity index (χ4v) is 3.94. The molecule has 1 aromatic heterocycles. The molecule has 0 aliphatic carbocycles. The summed E-state index contributed by atoms with van der Waals surface area (Å²) in [6.45, 7) is 9.48. The monoisotopic (exact) mass is 540 g/mol. The zero-order valence-corrected chi connectivity index (χ0v) is 23.0. The van der Waals surface area contributed by atoms with E-state index in [2.05, 4.69) is 15.6 Å². The van der Waals surface area contributed by atoms with E-state index in [9.17, 15) is 14.7 Å². The number of aliphatic hydroxyl groups is 1. The second-order valence-electron chi connectivity index (χ2n) is 9.89. The summed E-state index contributed by atoms with van der Waals surface area (Å²) in [5.41, 5.74) is 0.388. The maximum absolute atomic E-state index is 12.7. The van der Waals surface area contributed by atoms with E-state index in [1.54, 1.807) is 17.3 Å². The Morgan fingerprint density at radius 1 is 0.974 bits per heavy atom. The third-order valence-corrected chi connectivity index (χ3v) is 5.69. The van der Waals surface area contributed by atoms with Crippen LogP contribution in [0.3, 0.4) is 0 Å². The molecule has 0 spiro atoms. The Balaban J connectivity index is 1.40. The van der Waals surface area contributed by atoms with E-state index in [4.69, 9.17) is 23.7 Å². The van der Waals surface area contributed by atoms with Crippen molar-refractivity contribution < 1.29 is 38.4 Å². The second kappa shape index (κ2) is 17.3. The summed E-state index contributed by atoms with van der Waals surface area (Å²) in [7, 11) is 1.81.